The van der Waals surface area contributed by atoms with Gasteiger partial charge in [0.05, 0.1) is 11.8 Å². The standard InChI is InChI=1S/C16H12N2O3/c19-16(20)13-8-12(13)15-17-14(18-21-15)11-7-3-5-9-4-1-2-6-10(9)11/h1-7,12-13H,8H2,(H,19,20). The molecule has 1 saturated carbocycles. The predicted molar refractivity (Wildman–Crippen MR) is 75.7 cm³/mol. The van der Waals surface area contributed by atoms with Gasteiger partial charge in [-0.1, -0.05) is 47.6 Å². The van der Waals surface area contributed by atoms with Crippen LogP contribution in [0.25, 0.3) is 22.2 Å². The second-order valence-electron chi connectivity index (χ2n) is 5.27. The van der Waals surface area contributed by atoms with Crippen LogP contribution in [0.2, 0.25) is 0 Å². The van der Waals surface area contributed by atoms with Gasteiger partial charge in [-0.25, -0.2) is 0 Å². The predicted octanol–water partition coefficient (Wildman–Crippen LogP) is 3.08. The van der Waals surface area contributed by atoms with Crippen LogP contribution in [0.4, 0.5) is 0 Å². The van der Waals surface area contributed by atoms with E-state index in [1.807, 2.05) is 42.5 Å². The van der Waals surface area contributed by atoms with Crippen molar-refractivity contribution in [3.63, 3.8) is 0 Å². The summed E-state index contributed by atoms with van der Waals surface area (Å²) in [6.07, 6.45) is 0.576. The molecule has 0 bridgehead atoms. The van der Waals surface area contributed by atoms with Crippen LogP contribution < -0.4 is 0 Å². The molecule has 21 heavy (non-hydrogen) atoms. The Morgan fingerprint density at radius 3 is 2.81 bits per heavy atom. The van der Waals surface area contributed by atoms with E-state index in [2.05, 4.69) is 10.1 Å². The van der Waals surface area contributed by atoms with E-state index in [4.69, 9.17) is 9.63 Å². The van der Waals surface area contributed by atoms with Crippen LogP contribution in [0.5, 0.6) is 0 Å². The van der Waals surface area contributed by atoms with Crippen molar-refractivity contribution in [3.8, 4) is 11.4 Å². The first-order chi connectivity index (χ1) is 10.2. The molecule has 0 amide bonds. The van der Waals surface area contributed by atoms with E-state index in [1.165, 1.54) is 0 Å². The summed E-state index contributed by atoms with van der Waals surface area (Å²) in [7, 11) is 0. The van der Waals surface area contributed by atoms with Crippen molar-refractivity contribution < 1.29 is 14.4 Å². The highest BCUT2D eigenvalue weighted by Gasteiger charge is 2.48. The number of nitrogens with zero attached hydrogens (tertiary/aromatic N) is 2. The van der Waals surface area contributed by atoms with E-state index < -0.39 is 5.97 Å². The number of benzene rings is 2. The van der Waals surface area contributed by atoms with Gasteiger partial charge in [0.25, 0.3) is 0 Å². The molecule has 1 aliphatic rings. The van der Waals surface area contributed by atoms with Crippen molar-refractivity contribution in [2.75, 3.05) is 0 Å². The van der Waals surface area contributed by atoms with Crippen molar-refractivity contribution in [1.82, 2.24) is 10.1 Å². The van der Waals surface area contributed by atoms with Gasteiger partial charge in [0.1, 0.15) is 0 Å². The zero-order valence-electron chi connectivity index (χ0n) is 11.1. The van der Waals surface area contributed by atoms with Crippen molar-refractivity contribution in [2.24, 2.45) is 5.92 Å². The van der Waals surface area contributed by atoms with Crippen LogP contribution in [-0.4, -0.2) is 21.2 Å². The molecule has 1 aromatic heterocycles. The fourth-order valence-corrected chi connectivity index (χ4v) is 2.66. The van der Waals surface area contributed by atoms with Crippen molar-refractivity contribution in [2.45, 2.75) is 12.3 Å². The first-order valence-electron chi connectivity index (χ1n) is 6.78. The highest BCUT2D eigenvalue weighted by molar-refractivity contribution is 5.94. The second-order valence-corrected chi connectivity index (χ2v) is 5.27. The summed E-state index contributed by atoms with van der Waals surface area (Å²) in [5.74, 6) is -0.391. The van der Waals surface area contributed by atoms with Gasteiger partial charge in [-0.3, -0.25) is 4.79 Å². The maximum absolute atomic E-state index is 10.9. The summed E-state index contributed by atoms with van der Waals surface area (Å²) in [6.45, 7) is 0. The molecule has 1 aliphatic carbocycles. The first-order valence-corrected chi connectivity index (χ1v) is 6.78. The van der Waals surface area contributed by atoms with Crippen molar-refractivity contribution in [1.29, 1.82) is 0 Å². The summed E-state index contributed by atoms with van der Waals surface area (Å²) in [4.78, 5) is 15.3. The maximum Gasteiger partial charge on any atom is 0.307 e. The summed E-state index contributed by atoms with van der Waals surface area (Å²) in [5, 5.41) is 15.1. The third-order valence-electron chi connectivity index (χ3n) is 3.90. The molecule has 2 aromatic carbocycles. The summed E-state index contributed by atoms with van der Waals surface area (Å²) in [5.41, 5.74) is 0.899. The molecule has 5 heteroatoms. The number of hydrogen-bond donors (Lipinski definition) is 1. The highest BCUT2D eigenvalue weighted by Crippen LogP contribution is 2.47. The molecule has 2 atom stereocenters. The number of carbonyl (C=O) groups is 1. The third-order valence-corrected chi connectivity index (χ3v) is 3.90. The Labute approximate surface area is 120 Å². The lowest BCUT2D eigenvalue weighted by Crippen LogP contribution is -1.98. The van der Waals surface area contributed by atoms with Gasteiger partial charge in [0.15, 0.2) is 0 Å². The lowest BCUT2D eigenvalue weighted by atomic mass is 10.0. The Morgan fingerprint density at radius 1 is 1.19 bits per heavy atom. The summed E-state index contributed by atoms with van der Waals surface area (Å²) >= 11 is 0. The van der Waals surface area contributed by atoms with Crippen molar-refractivity contribution >= 4 is 16.7 Å². The number of carboxylic acid groups (broad SMARTS) is 1. The molecule has 1 fully saturated rings. The van der Waals surface area contributed by atoms with Gasteiger partial charge in [0.2, 0.25) is 11.7 Å². The monoisotopic (exact) mass is 280 g/mol. The minimum Gasteiger partial charge on any atom is -0.481 e. The van der Waals surface area contributed by atoms with Crippen LogP contribution in [0.15, 0.2) is 47.0 Å². The van der Waals surface area contributed by atoms with Gasteiger partial charge in [-0.05, 0) is 17.2 Å². The molecular formula is C16H12N2O3. The van der Waals surface area contributed by atoms with E-state index in [1.54, 1.807) is 0 Å². The van der Waals surface area contributed by atoms with Crippen molar-refractivity contribution in [3.05, 3.63) is 48.4 Å². The van der Waals surface area contributed by atoms with E-state index in [0.717, 1.165) is 16.3 Å². The number of aromatic nitrogens is 2. The van der Waals surface area contributed by atoms with Crippen LogP contribution in [-0.2, 0) is 4.79 Å². The molecule has 0 aliphatic heterocycles. The van der Waals surface area contributed by atoms with Gasteiger partial charge >= 0.3 is 5.97 Å². The van der Waals surface area contributed by atoms with Crippen LogP contribution in [0.1, 0.15) is 18.2 Å². The Bertz CT molecular complexity index is 835. The average molecular weight is 280 g/mol. The molecule has 1 heterocycles. The van der Waals surface area contributed by atoms with E-state index in [0.29, 0.717) is 18.1 Å². The normalized spacial score (nSPS) is 20.6. The highest BCUT2D eigenvalue weighted by atomic mass is 16.5. The molecule has 3 aromatic rings. The molecule has 2 unspecified atom stereocenters. The molecule has 0 spiro atoms. The van der Waals surface area contributed by atoms with Gasteiger partial charge in [-0.2, -0.15) is 4.98 Å². The Hall–Kier alpha value is -2.69. The Balaban J connectivity index is 1.74. The Kier molecular flexibility index (Phi) is 2.54. The first kappa shape index (κ1) is 12.1. The quantitative estimate of drug-likeness (QED) is 0.797. The van der Waals surface area contributed by atoms with Gasteiger partial charge < -0.3 is 9.63 Å². The zero-order valence-corrected chi connectivity index (χ0v) is 11.1. The number of aliphatic carboxylic acids is 1. The number of rotatable bonds is 3. The molecule has 4 rings (SSSR count). The lowest BCUT2D eigenvalue weighted by molar-refractivity contribution is -0.138. The second kappa shape index (κ2) is 4.41. The number of fused-ring (bicyclic) bond motifs is 1. The smallest absolute Gasteiger partial charge is 0.307 e. The van der Waals surface area contributed by atoms with Crippen LogP contribution in [0.3, 0.4) is 0 Å². The summed E-state index contributed by atoms with van der Waals surface area (Å²) < 4.78 is 5.25. The molecule has 0 radical (unpaired) electrons. The zero-order chi connectivity index (χ0) is 14.4. The minimum absolute atomic E-state index is 0.140. The van der Waals surface area contributed by atoms with Crippen LogP contribution in [0, 0.1) is 5.92 Å². The average Bonchev–Trinajstić information content (AvgIpc) is 3.17. The van der Waals surface area contributed by atoms with Crippen LogP contribution >= 0.6 is 0 Å². The number of hydrogen-bond acceptors (Lipinski definition) is 4. The molecule has 1 N–H and O–H groups in total. The van der Waals surface area contributed by atoms with E-state index >= 15 is 0 Å². The fourth-order valence-electron chi connectivity index (χ4n) is 2.66. The van der Waals surface area contributed by atoms with Gasteiger partial charge in [-0.15, -0.1) is 0 Å². The maximum atomic E-state index is 10.9. The molecular weight excluding hydrogens is 268 g/mol. The molecule has 0 saturated heterocycles. The lowest BCUT2D eigenvalue weighted by Gasteiger charge is -2.01. The van der Waals surface area contributed by atoms with E-state index in [9.17, 15) is 4.79 Å². The summed E-state index contributed by atoms with van der Waals surface area (Å²) in [6, 6.07) is 13.9. The number of carboxylic acids is 1. The third kappa shape index (κ3) is 1.98. The van der Waals surface area contributed by atoms with Gasteiger partial charge in [0, 0.05) is 5.56 Å². The fraction of sp³-hybridized carbons (Fsp3) is 0.188. The Morgan fingerprint density at radius 2 is 2.00 bits per heavy atom. The topological polar surface area (TPSA) is 76.2 Å². The largest absolute Gasteiger partial charge is 0.481 e. The molecule has 5 nitrogen and oxygen atoms in total. The van der Waals surface area contributed by atoms with E-state index in [-0.39, 0.29) is 11.8 Å². The molecule has 104 valence electrons. The SMILES string of the molecule is O=C(O)C1CC1c1nc(-c2cccc3ccccc23)no1. The minimum atomic E-state index is -0.801.